The van der Waals surface area contributed by atoms with Crippen molar-refractivity contribution in [3.05, 3.63) is 58.7 Å². The van der Waals surface area contributed by atoms with E-state index in [2.05, 4.69) is 78.0 Å². The maximum atomic E-state index is 2.42. The summed E-state index contributed by atoms with van der Waals surface area (Å²) in [5.41, 5.74) is 6.16. The molecule has 0 fully saturated rings. The van der Waals surface area contributed by atoms with Crippen LogP contribution in [-0.4, -0.2) is 0 Å². The van der Waals surface area contributed by atoms with Crippen LogP contribution in [0, 0.1) is 5.41 Å². The van der Waals surface area contributed by atoms with Gasteiger partial charge in [-0.25, -0.2) is 0 Å². The van der Waals surface area contributed by atoms with Crippen molar-refractivity contribution in [3.8, 4) is 0 Å². The van der Waals surface area contributed by atoms with E-state index in [9.17, 15) is 0 Å². The molecule has 136 valence electrons. The SMILES string of the molecule is CC.CC\C=C(C)/C=C/C=C(C)/C=C/C1=C(C)CCCC1(C)CC. The Bertz CT molecular complexity index is 508. The highest BCUT2D eigenvalue weighted by Gasteiger charge is 2.29. The van der Waals surface area contributed by atoms with Gasteiger partial charge in [0, 0.05) is 0 Å². The van der Waals surface area contributed by atoms with Gasteiger partial charge in [0.1, 0.15) is 0 Å². The summed E-state index contributed by atoms with van der Waals surface area (Å²) < 4.78 is 0. The van der Waals surface area contributed by atoms with E-state index in [0.717, 1.165) is 6.42 Å². The minimum Gasteiger partial charge on any atom is -0.0819 e. The predicted octanol–water partition coefficient (Wildman–Crippen LogP) is 8.34. The highest BCUT2D eigenvalue weighted by Crippen LogP contribution is 2.43. The molecule has 0 spiro atoms. The first-order valence-electron chi connectivity index (χ1n) is 9.83. The average Bonchev–Trinajstić information content (AvgIpc) is 2.56. The fourth-order valence-electron chi connectivity index (χ4n) is 3.25. The summed E-state index contributed by atoms with van der Waals surface area (Å²) in [6.45, 7) is 17.6. The van der Waals surface area contributed by atoms with Crippen molar-refractivity contribution in [2.24, 2.45) is 5.41 Å². The predicted molar refractivity (Wildman–Crippen MR) is 112 cm³/mol. The van der Waals surface area contributed by atoms with E-state index >= 15 is 0 Å². The van der Waals surface area contributed by atoms with E-state index in [1.165, 1.54) is 36.8 Å². The van der Waals surface area contributed by atoms with Crippen LogP contribution in [-0.2, 0) is 0 Å². The number of hydrogen-bond acceptors (Lipinski definition) is 0. The van der Waals surface area contributed by atoms with Crippen molar-refractivity contribution in [2.45, 2.75) is 87.5 Å². The summed E-state index contributed by atoms with van der Waals surface area (Å²) >= 11 is 0. The zero-order valence-corrected chi connectivity index (χ0v) is 17.5. The molecule has 0 aliphatic heterocycles. The second kappa shape index (κ2) is 12.1. The van der Waals surface area contributed by atoms with Crippen LogP contribution in [0.25, 0.3) is 0 Å². The molecule has 24 heavy (non-hydrogen) atoms. The molecule has 0 saturated carbocycles. The maximum Gasteiger partial charge on any atom is -0.00783 e. The number of rotatable bonds is 6. The normalized spacial score (nSPS) is 23.0. The van der Waals surface area contributed by atoms with Crippen molar-refractivity contribution >= 4 is 0 Å². The van der Waals surface area contributed by atoms with Crippen LogP contribution in [0.2, 0.25) is 0 Å². The van der Waals surface area contributed by atoms with E-state index < -0.39 is 0 Å². The monoisotopic (exact) mass is 328 g/mol. The second-order valence-electron chi connectivity index (χ2n) is 6.92. The van der Waals surface area contributed by atoms with Gasteiger partial charge in [-0.1, -0.05) is 87.8 Å². The summed E-state index contributed by atoms with van der Waals surface area (Å²) in [6.07, 6.45) is 19.7. The minimum absolute atomic E-state index is 0.370. The van der Waals surface area contributed by atoms with Gasteiger partial charge in [-0.15, -0.1) is 0 Å². The fraction of sp³-hybridized carbons (Fsp3) is 0.583. The largest absolute Gasteiger partial charge is 0.0819 e. The number of hydrogen-bond donors (Lipinski definition) is 0. The molecule has 1 aliphatic carbocycles. The molecule has 1 rings (SSSR count). The quantitative estimate of drug-likeness (QED) is 0.430. The van der Waals surface area contributed by atoms with Gasteiger partial charge in [0.15, 0.2) is 0 Å². The molecule has 0 heterocycles. The highest BCUT2D eigenvalue weighted by atomic mass is 14.3. The van der Waals surface area contributed by atoms with Crippen molar-refractivity contribution < 1.29 is 0 Å². The Hall–Kier alpha value is -1.30. The Morgan fingerprint density at radius 2 is 1.75 bits per heavy atom. The smallest absolute Gasteiger partial charge is 0.00783 e. The Morgan fingerprint density at radius 1 is 1.08 bits per heavy atom. The molecule has 0 nitrogen and oxygen atoms in total. The van der Waals surface area contributed by atoms with Crippen molar-refractivity contribution in [3.63, 3.8) is 0 Å². The molecule has 0 aromatic heterocycles. The van der Waals surface area contributed by atoms with E-state index in [1.54, 1.807) is 11.1 Å². The summed E-state index contributed by atoms with van der Waals surface area (Å²) in [5, 5.41) is 0. The van der Waals surface area contributed by atoms with Gasteiger partial charge in [0.2, 0.25) is 0 Å². The lowest BCUT2D eigenvalue weighted by atomic mass is 9.69. The van der Waals surface area contributed by atoms with Gasteiger partial charge < -0.3 is 0 Å². The molecule has 1 atom stereocenters. The third-order valence-corrected chi connectivity index (χ3v) is 4.93. The summed E-state index contributed by atoms with van der Waals surface area (Å²) in [4.78, 5) is 0. The van der Waals surface area contributed by atoms with Gasteiger partial charge in [0.05, 0.1) is 0 Å². The molecule has 0 aromatic rings. The van der Waals surface area contributed by atoms with Crippen LogP contribution in [0.15, 0.2) is 58.7 Å². The molecule has 0 bridgehead atoms. The molecular formula is C24H40. The van der Waals surface area contributed by atoms with E-state index in [-0.39, 0.29) is 0 Å². The highest BCUT2D eigenvalue weighted by molar-refractivity contribution is 5.37. The lowest BCUT2D eigenvalue weighted by Gasteiger charge is -2.35. The zero-order chi connectivity index (χ0) is 18.6. The molecule has 1 aliphatic rings. The average molecular weight is 329 g/mol. The van der Waals surface area contributed by atoms with Crippen LogP contribution >= 0.6 is 0 Å². The summed E-state index contributed by atoms with van der Waals surface area (Å²) in [5.74, 6) is 0. The van der Waals surface area contributed by atoms with Crippen molar-refractivity contribution in [1.29, 1.82) is 0 Å². The van der Waals surface area contributed by atoms with Crippen LogP contribution < -0.4 is 0 Å². The summed E-state index contributed by atoms with van der Waals surface area (Å²) in [7, 11) is 0. The Kier molecular flexibility index (Phi) is 11.5. The Labute approximate surface area is 152 Å². The topological polar surface area (TPSA) is 0 Å². The first kappa shape index (κ1) is 22.7. The van der Waals surface area contributed by atoms with Gasteiger partial charge >= 0.3 is 0 Å². The van der Waals surface area contributed by atoms with Crippen molar-refractivity contribution in [1.82, 2.24) is 0 Å². The van der Waals surface area contributed by atoms with Crippen molar-refractivity contribution in [2.75, 3.05) is 0 Å². The van der Waals surface area contributed by atoms with Crippen LogP contribution in [0.5, 0.6) is 0 Å². The maximum absolute atomic E-state index is 2.42. The third kappa shape index (κ3) is 7.51. The first-order valence-corrected chi connectivity index (χ1v) is 9.83. The molecule has 0 amide bonds. The lowest BCUT2D eigenvalue weighted by Crippen LogP contribution is -2.22. The number of allylic oxidation sites excluding steroid dienone is 10. The van der Waals surface area contributed by atoms with Crippen LogP contribution in [0.1, 0.15) is 87.5 Å². The molecule has 0 saturated heterocycles. The first-order chi connectivity index (χ1) is 11.4. The Morgan fingerprint density at radius 3 is 2.33 bits per heavy atom. The standard InChI is InChI=1S/C22H34.C2H6/c1-7-11-18(3)12-9-13-19(4)15-16-21-20(5)14-10-17-22(21,6)8-2;1-2/h9,11-13,15-16H,7-8,10,14,17H2,1-6H3;1-2H3/b12-9+,16-15+,18-11-,19-13+;. The molecule has 0 heteroatoms. The molecule has 0 aromatic carbocycles. The van der Waals surface area contributed by atoms with Gasteiger partial charge in [-0.2, -0.15) is 0 Å². The fourth-order valence-corrected chi connectivity index (χ4v) is 3.25. The van der Waals surface area contributed by atoms with Gasteiger partial charge in [0.25, 0.3) is 0 Å². The summed E-state index contributed by atoms with van der Waals surface area (Å²) in [6, 6.07) is 0. The van der Waals surface area contributed by atoms with E-state index in [4.69, 9.17) is 0 Å². The van der Waals surface area contributed by atoms with Crippen LogP contribution in [0.4, 0.5) is 0 Å². The molecular weight excluding hydrogens is 288 g/mol. The Balaban J connectivity index is 0.00000254. The lowest BCUT2D eigenvalue weighted by molar-refractivity contribution is 0.327. The molecule has 1 unspecified atom stereocenters. The van der Waals surface area contributed by atoms with Gasteiger partial charge in [-0.3, -0.25) is 0 Å². The zero-order valence-electron chi connectivity index (χ0n) is 17.5. The minimum atomic E-state index is 0.370. The van der Waals surface area contributed by atoms with Crippen LogP contribution in [0.3, 0.4) is 0 Å². The van der Waals surface area contributed by atoms with E-state index in [1.807, 2.05) is 13.8 Å². The molecule has 0 radical (unpaired) electrons. The van der Waals surface area contributed by atoms with E-state index in [0.29, 0.717) is 5.41 Å². The third-order valence-electron chi connectivity index (χ3n) is 4.93. The van der Waals surface area contributed by atoms with Gasteiger partial charge in [-0.05, 0) is 63.9 Å². The second-order valence-corrected chi connectivity index (χ2v) is 6.92. The molecule has 0 N–H and O–H groups in total.